The maximum absolute atomic E-state index is 12.2. The van der Waals surface area contributed by atoms with Crippen LogP contribution >= 0.6 is 0 Å². The van der Waals surface area contributed by atoms with Crippen molar-refractivity contribution in [3.63, 3.8) is 0 Å². The lowest BCUT2D eigenvalue weighted by Gasteiger charge is -2.32. The van der Waals surface area contributed by atoms with E-state index in [1.54, 1.807) is 4.90 Å². The fourth-order valence-electron chi connectivity index (χ4n) is 2.22. The standard InChI is InChI=1S/C13H25N3O3/c1-11(2)16(7-3-4-13(18)19)12(17)10-15-8-5-14-6-9-15/h11,14H,3-10H2,1-2H3,(H,18,19). The van der Waals surface area contributed by atoms with Gasteiger partial charge in [-0.25, -0.2) is 0 Å². The van der Waals surface area contributed by atoms with Gasteiger partial charge in [-0.1, -0.05) is 0 Å². The van der Waals surface area contributed by atoms with Crippen LogP contribution in [0.5, 0.6) is 0 Å². The summed E-state index contributed by atoms with van der Waals surface area (Å²) < 4.78 is 0. The van der Waals surface area contributed by atoms with Gasteiger partial charge in [0, 0.05) is 45.2 Å². The van der Waals surface area contributed by atoms with Gasteiger partial charge in [0.05, 0.1) is 6.54 Å². The van der Waals surface area contributed by atoms with Crippen molar-refractivity contribution in [3.05, 3.63) is 0 Å². The van der Waals surface area contributed by atoms with Gasteiger partial charge in [-0.15, -0.1) is 0 Å². The number of carboxylic acid groups (broad SMARTS) is 1. The second-order valence-corrected chi connectivity index (χ2v) is 5.20. The van der Waals surface area contributed by atoms with Gasteiger partial charge in [0.2, 0.25) is 5.91 Å². The number of carboxylic acids is 1. The minimum absolute atomic E-state index is 0.0993. The van der Waals surface area contributed by atoms with E-state index in [2.05, 4.69) is 10.2 Å². The predicted molar refractivity (Wildman–Crippen MR) is 73.0 cm³/mol. The van der Waals surface area contributed by atoms with Crippen molar-refractivity contribution in [2.45, 2.75) is 32.7 Å². The van der Waals surface area contributed by atoms with Crippen LogP contribution in [0.1, 0.15) is 26.7 Å². The Morgan fingerprint density at radius 1 is 1.32 bits per heavy atom. The average Bonchev–Trinajstić information content (AvgIpc) is 2.35. The Bertz CT molecular complexity index is 302. The number of hydrogen-bond donors (Lipinski definition) is 2. The Morgan fingerprint density at radius 2 is 1.95 bits per heavy atom. The van der Waals surface area contributed by atoms with Crippen LogP contribution in [0.25, 0.3) is 0 Å². The molecule has 19 heavy (non-hydrogen) atoms. The summed E-state index contributed by atoms with van der Waals surface area (Å²) in [6.45, 7) is 8.54. The van der Waals surface area contributed by atoms with E-state index in [4.69, 9.17) is 5.11 Å². The minimum atomic E-state index is -0.807. The number of carbonyl (C=O) groups is 2. The zero-order valence-corrected chi connectivity index (χ0v) is 11.9. The van der Waals surface area contributed by atoms with Crippen LogP contribution in [0.2, 0.25) is 0 Å². The smallest absolute Gasteiger partial charge is 0.303 e. The Balaban J connectivity index is 2.40. The molecule has 1 aliphatic heterocycles. The van der Waals surface area contributed by atoms with Crippen molar-refractivity contribution in [1.29, 1.82) is 0 Å². The highest BCUT2D eigenvalue weighted by Crippen LogP contribution is 2.04. The van der Waals surface area contributed by atoms with Crippen LogP contribution in [0.3, 0.4) is 0 Å². The Labute approximate surface area is 114 Å². The summed E-state index contributed by atoms with van der Waals surface area (Å²) in [6.07, 6.45) is 0.630. The molecule has 0 spiro atoms. The molecule has 0 aromatic carbocycles. The van der Waals surface area contributed by atoms with Crippen molar-refractivity contribution in [3.8, 4) is 0 Å². The highest BCUT2D eigenvalue weighted by molar-refractivity contribution is 5.78. The first kappa shape index (κ1) is 15.9. The predicted octanol–water partition coefficient (Wildman–Crippen LogP) is -0.00660. The van der Waals surface area contributed by atoms with E-state index in [9.17, 15) is 9.59 Å². The van der Waals surface area contributed by atoms with E-state index < -0.39 is 5.97 Å². The van der Waals surface area contributed by atoms with Crippen LogP contribution in [-0.4, -0.2) is 72.1 Å². The molecule has 0 saturated carbocycles. The monoisotopic (exact) mass is 271 g/mol. The maximum Gasteiger partial charge on any atom is 0.303 e. The molecule has 1 amide bonds. The van der Waals surface area contributed by atoms with E-state index in [1.165, 1.54) is 0 Å². The van der Waals surface area contributed by atoms with Crippen LogP contribution in [0.4, 0.5) is 0 Å². The number of nitrogens with zero attached hydrogens (tertiary/aromatic N) is 2. The molecule has 0 aromatic rings. The van der Waals surface area contributed by atoms with Crippen molar-refractivity contribution < 1.29 is 14.7 Å². The molecule has 2 N–H and O–H groups in total. The van der Waals surface area contributed by atoms with E-state index in [1.807, 2.05) is 13.8 Å². The SMILES string of the molecule is CC(C)N(CCCC(=O)O)C(=O)CN1CCNCC1. The van der Waals surface area contributed by atoms with Crippen molar-refractivity contribution in [2.75, 3.05) is 39.3 Å². The summed E-state index contributed by atoms with van der Waals surface area (Å²) in [6, 6.07) is 0.115. The third-order valence-corrected chi connectivity index (χ3v) is 3.30. The number of nitrogens with one attached hydrogen (secondary N) is 1. The topological polar surface area (TPSA) is 72.9 Å². The number of hydrogen-bond acceptors (Lipinski definition) is 4. The van der Waals surface area contributed by atoms with Gasteiger partial charge in [-0.2, -0.15) is 0 Å². The van der Waals surface area contributed by atoms with E-state index in [0.29, 0.717) is 19.5 Å². The summed E-state index contributed by atoms with van der Waals surface area (Å²) >= 11 is 0. The van der Waals surface area contributed by atoms with Crippen molar-refractivity contribution in [2.24, 2.45) is 0 Å². The highest BCUT2D eigenvalue weighted by Gasteiger charge is 2.20. The number of piperazine rings is 1. The molecule has 110 valence electrons. The number of rotatable bonds is 7. The summed E-state index contributed by atoms with van der Waals surface area (Å²) in [7, 11) is 0. The molecule has 0 radical (unpaired) electrons. The normalized spacial score (nSPS) is 16.6. The lowest BCUT2D eigenvalue weighted by molar-refractivity contribution is -0.139. The van der Waals surface area contributed by atoms with Crippen LogP contribution in [0, 0.1) is 0 Å². The van der Waals surface area contributed by atoms with Crippen molar-refractivity contribution >= 4 is 11.9 Å². The third kappa shape index (κ3) is 6.02. The van der Waals surface area contributed by atoms with Gasteiger partial charge < -0.3 is 15.3 Å². The molecular weight excluding hydrogens is 246 g/mol. The van der Waals surface area contributed by atoms with Crippen LogP contribution in [0.15, 0.2) is 0 Å². The average molecular weight is 271 g/mol. The second-order valence-electron chi connectivity index (χ2n) is 5.20. The summed E-state index contributed by atoms with van der Waals surface area (Å²) in [5.74, 6) is -0.708. The largest absolute Gasteiger partial charge is 0.481 e. The Kier molecular flexibility index (Phi) is 6.80. The van der Waals surface area contributed by atoms with Gasteiger partial charge in [-0.3, -0.25) is 14.5 Å². The Morgan fingerprint density at radius 3 is 2.47 bits per heavy atom. The molecule has 6 nitrogen and oxygen atoms in total. The quantitative estimate of drug-likeness (QED) is 0.681. The fourth-order valence-corrected chi connectivity index (χ4v) is 2.22. The van der Waals surface area contributed by atoms with Gasteiger partial charge >= 0.3 is 5.97 Å². The molecule has 0 atom stereocenters. The molecule has 1 aliphatic rings. The van der Waals surface area contributed by atoms with E-state index in [-0.39, 0.29) is 18.4 Å². The molecule has 1 saturated heterocycles. The number of aliphatic carboxylic acids is 1. The van der Waals surface area contributed by atoms with Crippen molar-refractivity contribution in [1.82, 2.24) is 15.1 Å². The molecule has 0 unspecified atom stereocenters. The number of carbonyl (C=O) groups excluding carboxylic acids is 1. The first-order valence-electron chi connectivity index (χ1n) is 6.95. The number of amides is 1. The van der Waals surface area contributed by atoms with Crippen LogP contribution < -0.4 is 5.32 Å². The van der Waals surface area contributed by atoms with Gasteiger partial charge in [0.25, 0.3) is 0 Å². The van der Waals surface area contributed by atoms with Gasteiger partial charge in [0.1, 0.15) is 0 Å². The van der Waals surface area contributed by atoms with Gasteiger partial charge in [0.15, 0.2) is 0 Å². The minimum Gasteiger partial charge on any atom is -0.481 e. The lowest BCUT2D eigenvalue weighted by Crippen LogP contribution is -2.49. The van der Waals surface area contributed by atoms with E-state index >= 15 is 0 Å². The van der Waals surface area contributed by atoms with E-state index in [0.717, 1.165) is 26.2 Å². The maximum atomic E-state index is 12.2. The van der Waals surface area contributed by atoms with Gasteiger partial charge in [-0.05, 0) is 20.3 Å². The zero-order valence-electron chi connectivity index (χ0n) is 11.9. The molecule has 0 bridgehead atoms. The summed E-state index contributed by atoms with van der Waals surface area (Å²) in [4.78, 5) is 26.7. The highest BCUT2D eigenvalue weighted by atomic mass is 16.4. The molecule has 1 heterocycles. The summed E-state index contributed by atoms with van der Waals surface area (Å²) in [5, 5.41) is 11.9. The van der Waals surface area contributed by atoms with Crippen LogP contribution in [-0.2, 0) is 9.59 Å². The Hall–Kier alpha value is -1.14. The lowest BCUT2D eigenvalue weighted by atomic mass is 10.2. The molecule has 0 aliphatic carbocycles. The molecular formula is C13H25N3O3. The first-order chi connectivity index (χ1) is 9.00. The third-order valence-electron chi connectivity index (χ3n) is 3.30. The molecule has 6 heteroatoms. The zero-order chi connectivity index (χ0) is 14.3. The first-order valence-corrected chi connectivity index (χ1v) is 6.95. The molecule has 1 rings (SSSR count). The molecule has 1 fully saturated rings. The fraction of sp³-hybridized carbons (Fsp3) is 0.846. The summed E-state index contributed by atoms with van der Waals surface area (Å²) in [5.41, 5.74) is 0. The molecule has 0 aromatic heterocycles. The second kappa shape index (κ2) is 8.12.